The maximum Gasteiger partial charge on any atom is 0.180 e. The van der Waals surface area contributed by atoms with Crippen LogP contribution in [0.15, 0.2) is 35.7 Å². The van der Waals surface area contributed by atoms with Crippen LogP contribution in [-0.2, 0) is 11.8 Å². The highest BCUT2D eigenvalue weighted by molar-refractivity contribution is 7.13. The smallest absolute Gasteiger partial charge is 0.180 e. The molecule has 0 unspecified atom stereocenters. The van der Waals surface area contributed by atoms with E-state index in [1.54, 1.807) is 0 Å². The van der Waals surface area contributed by atoms with Crippen molar-refractivity contribution in [1.29, 1.82) is 0 Å². The monoisotopic (exact) mass is 246 g/mol. The van der Waals surface area contributed by atoms with Crippen LogP contribution in [0, 0.1) is 0 Å². The summed E-state index contributed by atoms with van der Waals surface area (Å²) in [5.74, 6) is 0. The summed E-state index contributed by atoms with van der Waals surface area (Å²) in [6, 6.07) is 10.6. The lowest BCUT2D eigenvalue weighted by Gasteiger charge is -2.22. The van der Waals surface area contributed by atoms with Gasteiger partial charge in [-0.05, 0) is 18.4 Å². The molecule has 0 radical (unpaired) electrons. The highest BCUT2D eigenvalue weighted by Gasteiger charge is 2.23. The van der Waals surface area contributed by atoms with Gasteiger partial charge in [0.05, 0.1) is 5.69 Å². The number of thiazole rings is 1. The number of hydrogen-bond acceptors (Lipinski definition) is 3. The number of nitrogens with two attached hydrogens (primary N) is 1. The van der Waals surface area contributed by atoms with E-state index >= 15 is 0 Å². The Bertz CT molecular complexity index is 474. The Hall–Kier alpha value is -1.35. The number of rotatable bonds is 4. The molecule has 90 valence electrons. The fourth-order valence-electron chi connectivity index (χ4n) is 1.83. The molecule has 0 saturated carbocycles. The van der Waals surface area contributed by atoms with E-state index in [4.69, 9.17) is 5.73 Å². The molecule has 2 nitrogen and oxygen atoms in total. The maximum atomic E-state index is 5.69. The summed E-state index contributed by atoms with van der Waals surface area (Å²) < 4.78 is 0. The van der Waals surface area contributed by atoms with Crippen molar-refractivity contribution in [2.75, 3.05) is 5.73 Å². The first kappa shape index (κ1) is 12.1. The van der Waals surface area contributed by atoms with Crippen molar-refractivity contribution in [1.82, 2.24) is 4.98 Å². The number of aryl methyl sites for hydroxylation is 1. The lowest BCUT2D eigenvalue weighted by Crippen LogP contribution is -2.18. The quantitative estimate of drug-likeness (QED) is 0.894. The highest BCUT2D eigenvalue weighted by atomic mass is 32.1. The first-order chi connectivity index (χ1) is 8.08. The Morgan fingerprint density at radius 3 is 2.53 bits per heavy atom. The third-order valence-electron chi connectivity index (χ3n) is 3.10. The molecule has 0 aliphatic rings. The SMILES string of the molecule is CC(C)(CCc1ccccc1)c1csc(N)n1. The molecule has 0 aliphatic heterocycles. The molecule has 0 spiro atoms. The van der Waals surface area contributed by atoms with E-state index < -0.39 is 0 Å². The average molecular weight is 246 g/mol. The van der Waals surface area contributed by atoms with Gasteiger partial charge in [0, 0.05) is 10.8 Å². The molecular formula is C14H18N2S. The second kappa shape index (κ2) is 4.88. The van der Waals surface area contributed by atoms with Crippen LogP contribution >= 0.6 is 11.3 Å². The van der Waals surface area contributed by atoms with Crippen molar-refractivity contribution < 1.29 is 0 Å². The van der Waals surface area contributed by atoms with Crippen molar-refractivity contribution in [3.63, 3.8) is 0 Å². The second-order valence-corrected chi connectivity index (χ2v) is 5.83. The van der Waals surface area contributed by atoms with Crippen molar-refractivity contribution in [2.45, 2.75) is 32.1 Å². The first-order valence-electron chi connectivity index (χ1n) is 5.83. The molecule has 2 N–H and O–H groups in total. The molecular weight excluding hydrogens is 228 g/mol. The van der Waals surface area contributed by atoms with Crippen LogP contribution in [0.3, 0.4) is 0 Å². The molecule has 0 bridgehead atoms. The van der Waals surface area contributed by atoms with Crippen LogP contribution in [0.2, 0.25) is 0 Å². The molecule has 0 aliphatic carbocycles. The minimum atomic E-state index is 0.0873. The summed E-state index contributed by atoms with van der Waals surface area (Å²) in [7, 11) is 0. The maximum absolute atomic E-state index is 5.69. The summed E-state index contributed by atoms with van der Waals surface area (Å²) in [5.41, 5.74) is 8.26. The van der Waals surface area contributed by atoms with Gasteiger partial charge in [-0.15, -0.1) is 11.3 Å². The Labute approximate surface area is 107 Å². The molecule has 1 aromatic heterocycles. The summed E-state index contributed by atoms with van der Waals surface area (Å²) in [6.07, 6.45) is 2.16. The third-order valence-corrected chi connectivity index (χ3v) is 3.77. The number of nitrogens with zero attached hydrogens (tertiary/aromatic N) is 1. The average Bonchev–Trinajstić information content (AvgIpc) is 2.76. The number of aromatic nitrogens is 1. The standard InChI is InChI=1S/C14H18N2S/c1-14(2,12-10-17-13(15)16-12)9-8-11-6-4-3-5-7-11/h3-7,10H,8-9H2,1-2H3,(H2,15,16). The second-order valence-electron chi connectivity index (χ2n) is 4.94. The molecule has 17 heavy (non-hydrogen) atoms. The summed E-state index contributed by atoms with van der Waals surface area (Å²) in [4.78, 5) is 4.39. The van der Waals surface area contributed by atoms with Crippen LogP contribution in [-0.4, -0.2) is 4.98 Å². The van der Waals surface area contributed by atoms with Crippen molar-refractivity contribution in [3.8, 4) is 0 Å². The predicted octanol–water partition coefficient (Wildman–Crippen LogP) is 3.64. The zero-order valence-electron chi connectivity index (χ0n) is 10.3. The van der Waals surface area contributed by atoms with Gasteiger partial charge >= 0.3 is 0 Å². The van der Waals surface area contributed by atoms with Crippen LogP contribution in [0.25, 0.3) is 0 Å². The first-order valence-corrected chi connectivity index (χ1v) is 6.71. The molecule has 0 amide bonds. The normalized spacial score (nSPS) is 11.6. The minimum absolute atomic E-state index is 0.0873. The molecule has 1 heterocycles. The minimum Gasteiger partial charge on any atom is -0.375 e. The van der Waals surface area contributed by atoms with Crippen molar-refractivity contribution >= 4 is 16.5 Å². The van der Waals surface area contributed by atoms with Gasteiger partial charge in [-0.3, -0.25) is 0 Å². The van der Waals surface area contributed by atoms with Crippen LogP contribution < -0.4 is 5.73 Å². The fourth-order valence-corrected chi connectivity index (χ4v) is 2.58. The molecule has 0 atom stereocenters. The largest absolute Gasteiger partial charge is 0.375 e. The molecule has 1 aromatic carbocycles. The van der Waals surface area contributed by atoms with E-state index in [-0.39, 0.29) is 5.41 Å². The Kier molecular flexibility index (Phi) is 3.48. The van der Waals surface area contributed by atoms with Gasteiger partial charge in [0.2, 0.25) is 0 Å². The van der Waals surface area contributed by atoms with E-state index in [9.17, 15) is 0 Å². The zero-order chi connectivity index (χ0) is 12.3. The van der Waals surface area contributed by atoms with Crippen molar-refractivity contribution in [2.24, 2.45) is 0 Å². The van der Waals surface area contributed by atoms with Gasteiger partial charge in [-0.25, -0.2) is 4.98 Å². The van der Waals surface area contributed by atoms with Crippen molar-refractivity contribution in [3.05, 3.63) is 47.0 Å². The summed E-state index contributed by atoms with van der Waals surface area (Å²) >= 11 is 1.52. The number of hydrogen-bond donors (Lipinski definition) is 1. The van der Waals surface area contributed by atoms with Crippen LogP contribution in [0.4, 0.5) is 5.13 Å². The van der Waals surface area contributed by atoms with E-state index in [0.717, 1.165) is 18.5 Å². The summed E-state index contributed by atoms with van der Waals surface area (Å²) in [5, 5.41) is 2.73. The van der Waals surface area contributed by atoms with E-state index in [1.165, 1.54) is 16.9 Å². The Balaban J connectivity index is 2.03. The summed E-state index contributed by atoms with van der Waals surface area (Å²) in [6.45, 7) is 4.45. The van der Waals surface area contributed by atoms with Gasteiger partial charge in [0.15, 0.2) is 5.13 Å². The lowest BCUT2D eigenvalue weighted by molar-refractivity contribution is 0.469. The van der Waals surface area contributed by atoms with E-state index in [1.807, 2.05) is 0 Å². The van der Waals surface area contributed by atoms with Gasteiger partial charge in [-0.2, -0.15) is 0 Å². The molecule has 0 saturated heterocycles. The molecule has 2 rings (SSSR count). The van der Waals surface area contributed by atoms with Gasteiger partial charge < -0.3 is 5.73 Å². The van der Waals surface area contributed by atoms with Crippen LogP contribution in [0.1, 0.15) is 31.5 Å². The van der Waals surface area contributed by atoms with E-state index in [0.29, 0.717) is 5.13 Å². The Morgan fingerprint density at radius 2 is 1.94 bits per heavy atom. The topological polar surface area (TPSA) is 38.9 Å². The lowest BCUT2D eigenvalue weighted by atomic mass is 9.84. The van der Waals surface area contributed by atoms with Gasteiger partial charge in [0.1, 0.15) is 0 Å². The molecule has 2 aromatic rings. The number of nitrogen functional groups attached to an aromatic ring is 1. The van der Waals surface area contributed by atoms with Crippen LogP contribution in [0.5, 0.6) is 0 Å². The predicted molar refractivity (Wildman–Crippen MR) is 74.3 cm³/mol. The number of anilines is 1. The molecule has 0 fully saturated rings. The third kappa shape index (κ3) is 3.07. The molecule has 3 heteroatoms. The Morgan fingerprint density at radius 1 is 1.24 bits per heavy atom. The fraction of sp³-hybridized carbons (Fsp3) is 0.357. The van der Waals surface area contributed by atoms with E-state index in [2.05, 4.69) is 54.5 Å². The van der Waals surface area contributed by atoms with Gasteiger partial charge in [0.25, 0.3) is 0 Å². The number of benzene rings is 1. The van der Waals surface area contributed by atoms with Gasteiger partial charge in [-0.1, -0.05) is 44.2 Å². The zero-order valence-corrected chi connectivity index (χ0v) is 11.1. The highest BCUT2D eigenvalue weighted by Crippen LogP contribution is 2.30.